The second kappa shape index (κ2) is 5.90. The second-order valence-corrected chi connectivity index (χ2v) is 5.93. The number of nitrogens with zero attached hydrogens (tertiary/aromatic N) is 2. The van der Waals surface area contributed by atoms with Crippen LogP contribution >= 0.6 is 11.6 Å². The Kier molecular flexibility index (Phi) is 5.05. The molecule has 0 amide bonds. The number of hydrogen-bond acceptors (Lipinski definition) is 1. The maximum Gasteiger partial charge on any atom is 0.0630 e. The van der Waals surface area contributed by atoms with E-state index in [0.717, 1.165) is 18.5 Å². The lowest BCUT2D eigenvalue weighted by Gasteiger charge is -2.30. The Labute approximate surface area is 110 Å². The number of rotatable bonds is 6. The molecule has 98 valence electrons. The Balaban J connectivity index is 2.78. The monoisotopic (exact) mass is 256 g/mol. The summed E-state index contributed by atoms with van der Waals surface area (Å²) in [5.41, 5.74) is 1.29. The standard InChI is InChI=1S/C14H25ClN2/c1-6-12(4)17-8-7-13(16-17)9-14(5,10-15)11(2)3/h7-8,11-12H,6,9-10H2,1-5H3. The minimum absolute atomic E-state index is 0.135. The smallest absolute Gasteiger partial charge is 0.0630 e. The van der Waals surface area contributed by atoms with Gasteiger partial charge in [-0.25, -0.2) is 0 Å². The van der Waals surface area contributed by atoms with E-state index in [2.05, 4.69) is 56.7 Å². The lowest BCUT2D eigenvalue weighted by molar-refractivity contribution is 0.250. The summed E-state index contributed by atoms with van der Waals surface area (Å²) in [4.78, 5) is 0. The highest BCUT2D eigenvalue weighted by molar-refractivity contribution is 6.18. The minimum atomic E-state index is 0.135. The number of aromatic nitrogens is 2. The molecule has 17 heavy (non-hydrogen) atoms. The molecule has 0 bridgehead atoms. The zero-order valence-electron chi connectivity index (χ0n) is 11.7. The fourth-order valence-corrected chi connectivity index (χ4v) is 2.13. The first-order valence-corrected chi connectivity index (χ1v) is 7.06. The molecule has 0 fully saturated rings. The summed E-state index contributed by atoms with van der Waals surface area (Å²) in [5, 5.41) is 4.65. The van der Waals surface area contributed by atoms with Crippen molar-refractivity contribution in [3.05, 3.63) is 18.0 Å². The van der Waals surface area contributed by atoms with E-state index in [1.54, 1.807) is 0 Å². The van der Waals surface area contributed by atoms with Gasteiger partial charge >= 0.3 is 0 Å². The molecule has 0 saturated heterocycles. The summed E-state index contributed by atoms with van der Waals surface area (Å²) >= 11 is 6.12. The molecule has 2 atom stereocenters. The fraction of sp³-hybridized carbons (Fsp3) is 0.786. The van der Waals surface area contributed by atoms with E-state index in [0.29, 0.717) is 17.8 Å². The molecular weight excluding hydrogens is 232 g/mol. The Morgan fingerprint density at radius 1 is 1.41 bits per heavy atom. The molecule has 0 aliphatic carbocycles. The average molecular weight is 257 g/mol. The molecule has 0 saturated carbocycles. The van der Waals surface area contributed by atoms with E-state index < -0.39 is 0 Å². The van der Waals surface area contributed by atoms with Crippen LogP contribution in [0.3, 0.4) is 0 Å². The SMILES string of the molecule is CCC(C)n1ccc(CC(C)(CCl)C(C)C)n1. The topological polar surface area (TPSA) is 17.8 Å². The molecule has 0 aliphatic heterocycles. The van der Waals surface area contributed by atoms with Crippen LogP contribution in [0.5, 0.6) is 0 Å². The van der Waals surface area contributed by atoms with E-state index in [-0.39, 0.29) is 5.41 Å². The maximum atomic E-state index is 6.12. The predicted molar refractivity (Wildman–Crippen MR) is 74.6 cm³/mol. The summed E-state index contributed by atoms with van der Waals surface area (Å²) < 4.78 is 2.06. The molecule has 2 nitrogen and oxygen atoms in total. The second-order valence-electron chi connectivity index (χ2n) is 5.66. The van der Waals surface area contributed by atoms with Gasteiger partial charge in [-0.05, 0) is 37.2 Å². The van der Waals surface area contributed by atoms with Gasteiger partial charge in [-0.2, -0.15) is 5.10 Å². The maximum absolute atomic E-state index is 6.12. The van der Waals surface area contributed by atoms with Crippen molar-refractivity contribution < 1.29 is 0 Å². The molecule has 0 spiro atoms. The average Bonchev–Trinajstić information content (AvgIpc) is 2.75. The highest BCUT2D eigenvalue weighted by Crippen LogP contribution is 2.32. The van der Waals surface area contributed by atoms with Gasteiger partial charge in [0.25, 0.3) is 0 Å². The number of halogens is 1. The van der Waals surface area contributed by atoms with Crippen LogP contribution in [0.15, 0.2) is 12.3 Å². The van der Waals surface area contributed by atoms with Gasteiger partial charge in [-0.3, -0.25) is 4.68 Å². The van der Waals surface area contributed by atoms with E-state index in [1.807, 2.05) is 0 Å². The van der Waals surface area contributed by atoms with Crippen molar-refractivity contribution in [2.45, 2.75) is 53.5 Å². The molecule has 3 heteroatoms. The third-order valence-corrected chi connectivity index (χ3v) is 4.60. The van der Waals surface area contributed by atoms with Crippen molar-refractivity contribution >= 4 is 11.6 Å². The summed E-state index contributed by atoms with van der Waals surface area (Å²) in [6.07, 6.45) is 4.15. The molecule has 0 aliphatic rings. The molecule has 1 aromatic rings. The fourth-order valence-electron chi connectivity index (χ4n) is 1.72. The van der Waals surface area contributed by atoms with Crippen LogP contribution in [-0.4, -0.2) is 15.7 Å². The van der Waals surface area contributed by atoms with E-state index >= 15 is 0 Å². The Morgan fingerprint density at radius 3 is 2.53 bits per heavy atom. The molecule has 0 radical (unpaired) electrons. The summed E-state index contributed by atoms with van der Waals surface area (Å²) in [5.74, 6) is 1.25. The molecular formula is C14H25ClN2. The van der Waals surface area contributed by atoms with Gasteiger partial charge in [-0.1, -0.05) is 27.7 Å². The third-order valence-electron chi connectivity index (χ3n) is 3.99. The minimum Gasteiger partial charge on any atom is -0.270 e. The van der Waals surface area contributed by atoms with Crippen LogP contribution in [0.25, 0.3) is 0 Å². The van der Waals surface area contributed by atoms with Crippen molar-refractivity contribution in [3.63, 3.8) is 0 Å². The van der Waals surface area contributed by atoms with Gasteiger partial charge in [0.05, 0.1) is 5.69 Å². The van der Waals surface area contributed by atoms with Crippen LogP contribution in [0.1, 0.15) is 52.8 Å². The quantitative estimate of drug-likeness (QED) is 0.694. The lowest BCUT2D eigenvalue weighted by atomic mass is 9.77. The van der Waals surface area contributed by atoms with Gasteiger partial charge in [0, 0.05) is 18.1 Å². The van der Waals surface area contributed by atoms with E-state index in [1.165, 1.54) is 0 Å². The van der Waals surface area contributed by atoms with Gasteiger partial charge in [-0.15, -0.1) is 11.6 Å². The van der Waals surface area contributed by atoms with Crippen molar-refractivity contribution in [3.8, 4) is 0 Å². The third kappa shape index (κ3) is 3.48. The van der Waals surface area contributed by atoms with Crippen LogP contribution in [-0.2, 0) is 6.42 Å². The van der Waals surface area contributed by atoms with E-state index in [9.17, 15) is 0 Å². The molecule has 1 rings (SSSR count). The largest absolute Gasteiger partial charge is 0.270 e. The van der Waals surface area contributed by atoms with Gasteiger partial charge < -0.3 is 0 Å². The predicted octanol–water partition coefficient (Wildman–Crippen LogP) is 4.30. The lowest BCUT2D eigenvalue weighted by Crippen LogP contribution is -2.28. The first kappa shape index (κ1) is 14.6. The van der Waals surface area contributed by atoms with Crippen molar-refractivity contribution in [1.82, 2.24) is 9.78 Å². The molecule has 0 N–H and O–H groups in total. The normalized spacial score (nSPS) is 17.1. The van der Waals surface area contributed by atoms with Crippen LogP contribution in [0, 0.1) is 11.3 Å². The number of alkyl halides is 1. The summed E-state index contributed by atoms with van der Waals surface area (Å²) in [6.45, 7) is 11.1. The van der Waals surface area contributed by atoms with Gasteiger partial charge in [0.2, 0.25) is 0 Å². The zero-order chi connectivity index (χ0) is 13.1. The van der Waals surface area contributed by atoms with E-state index in [4.69, 9.17) is 11.6 Å². The van der Waals surface area contributed by atoms with Crippen LogP contribution < -0.4 is 0 Å². The van der Waals surface area contributed by atoms with Crippen molar-refractivity contribution in [2.75, 3.05) is 5.88 Å². The van der Waals surface area contributed by atoms with Crippen molar-refractivity contribution in [1.29, 1.82) is 0 Å². The number of hydrogen-bond donors (Lipinski definition) is 0. The first-order valence-electron chi connectivity index (χ1n) is 6.53. The molecule has 0 aromatic carbocycles. The Morgan fingerprint density at radius 2 is 2.06 bits per heavy atom. The highest BCUT2D eigenvalue weighted by Gasteiger charge is 2.28. The zero-order valence-corrected chi connectivity index (χ0v) is 12.5. The van der Waals surface area contributed by atoms with Crippen LogP contribution in [0.2, 0.25) is 0 Å². The van der Waals surface area contributed by atoms with Gasteiger partial charge in [0.1, 0.15) is 0 Å². The summed E-state index contributed by atoms with van der Waals surface area (Å²) in [6, 6.07) is 2.60. The van der Waals surface area contributed by atoms with Gasteiger partial charge in [0.15, 0.2) is 0 Å². The van der Waals surface area contributed by atoms with Crippen molar-refractivity contribution in [2.24, 2.45) is 11.3 Å². The molecule has 1 heterocycles. The Hall–Kier alpha value is -0.500. The van der Waals surface area contributed by atoms with Crippen LogP contribution in [0.4, 0.5) is 0 Å². The highest BCUT2D eigenvalue weighted by atomic mass is 35.5. The first-order chi connectivity index (χ1) is 7.92. The Bertz CT molecular complexity index is 346. The molecule has 1 aromatic heterocycles. The molecule has 2 unspecified atom stereocenters. The summed E-state index contributed by atoms with van der Waals surface area (Å²) in [7, 11) is 0.